The summed E-state index contributed by atoms with van der Waals surface area (Å²) in [5, 5.41) is 7.59. The highest BCUT2D eigenvalue weighted by Crippen LogP contribution is 2.38. The molecule has 0 bridgehead atoms. The monoisotopic (exact) mass is 399 g/mol. The molecule has 28 heavy (non-hydrogen) atoms. The summed E-state index contributed by atoms with van der Waals surface area (Å²) in [5.41, 5.74) is 3.11. The van der Waals surface area contributed by atoms with Gasteiger partial charge < -0.3 is 10.1 Å². The fourth-order valence-corrected chi connectivity index (χ4v) is 4.84. The third kappa shape index (κ3) is 3.26. The number of rotatable bonds is 3. The third-order valence-corrected chi connectivity index (χ3v) is 6.07. The van der Waals surface area contributed by atoms with Gasteiger partial charge in [0.25, 0.3) is 11.7 Å². The number of hydrogen-bond donors (Lipinski definition) is 1. The molecule has 0 atom stereocenters. The largest absolute Gasteiger partial charge is 0.465 e. The molecule has 0 saturated carbocycles. The van der Waals surface area contributed by atoms with Crippen molar-refractivity contribution in [2.24, 2.45) is 0 Å². The maximum Gasteiger partial charge on any atom is 0.341 e. The van der Waals surface area contributed by atoms with Crippen LogP contribution in [0.2, 0.25) is 0 Å². The zero-order valence-corrected chi connectivity index (χ0v) is 16.9. The molecule has 8 nitrogen and oxygen atoms in total. The van der Waals surface area contributed by atoms with Crippen LogP contribution in [0.15, 0.2) is 6.07 Å². The number of carbonyl (C=O) groups is 2. The Morgan fingerprint density at radius 2 is 1.96 bits per heavy atom. The van der Waals surface area contributed by atoms with Gasteiger partial charge in [0.2, 0.25) is 5.82 Å². The molecule has 0 radical (unpaired) electrons. The minimum Gasteiger partial charge on any atom is -0.465 e. The highest BCUT2D eigenvalue weighted by Gasteiger charge is 2.27. The minimum absolute atomic E-state index is 0.0145. The first-order chi connectivity index (χ1) is 13.5. The van der Waals surface area contributed by atoms with E-state index >= 15 is 0 Å². The second kappa shape index (κ2) is 7.31. The van der Waals surface area contributed by atoms with Crippen LogP contribution in [0.25, 0.3) is 5.78 Å². The number of methoxy groups -OCH3 is 1. The lowest BCUT2D eigenvalue weighted by Gasteiger charge is -2.06. The zero-order chi connectivity index (χ0) is 19.8. The van der Waals surface area contributed by atoms with E-state index in [0.29, 0.717) is 16.3 Å². The van der Waals surface area contributed by atoms with Gasteiger partial charge in [-0.3, -0.25) is 4.79 Å². The van der Waals surface area contributed by atoms with Crippen molar-refractivity contribution in [3.05, 3.63) is 39.3 Å². The smallest absolute Gasteiger partial charge is 0.341 e. The molecular formula is C19H21N5O3S. The van der Waals surface area contributed by atoms with E-state index < -0.39 is 11.9 Å². The Labute approximate surface area is 166 Å². The Kier molecular flexibility index (Phi) is 4.84. The van der Waals surface area contributed by atoms with E-state index in [1.807, 2.05) is 19.9 Å². The predicted molar refractivity (Wildman–Crippen MR) is 105 cm³/mol. The number of aromatic nitrogens is 4. The molecule has 1 amide bonds. The molecule has 3 aromatic heterocycles. The maximum atomic E-state index is 12.8. The van der Waals surface area contributed by atoms with Crippen molar-refractivity contribution < 1.29 is 14.3 Å². The molecule has 0 aromatic carbocycles. The second-order valence-electron chi connectivity index (χ2n) is 6.90. The van der Waals surface area contributed by atoms with E-state index in [4.69, 9.17) is 4.74 Å². The average molecular weight is 399 g/mol. The first-order valence-corrected chi connectivity index (χ1v) is 10.0. The third-order valence-electron chi connectivity index (χ3n) is 4.86. The van der Waals surface area contributed by atoms with E-state index in [1.165, 1.54) is 23.0 Å². The Balaban J connectivity index is 1.70. The number of hydrogen-bond acceptors (Lipinski definition) is 7. The van der Waals surface area contributed by atoms with Gasteiger partial charge >= 0.3 is 5.97 Å². The van der Waals surface area contributed by atoms with Crippen LogP contribution in [0.3, 0.4) is 0 Å². The number of aryl methyl sites for hydroxylation is 3. The van der Waals surface area contributed by atoms with Crippen LogP contribution >= 0.6 is 11.3 Å². The molecule has 1 N–H and O–H groups in total. The van der Waals surface area contributed by atoms with Crippen molar-refractivity contribution >= 4 is 34.0 Å². The van der Waals surface area contributed by atoms with Gasteiger partial charge in [0.05, 0.1) is 12.7 Å². The van der Waals surface area contributed by atoms with E-state index in [9.17, 15) is 9.59 Å². The summed E-state index contributed by atoms with van der Waals surface area (Å²) < 4.78 is 6.51. The molecule has 0 saturated heterocycles. The van der Waals surface area contributed by atoms with Gasteiger partial charge in [0.15, 0.2) is 0 Å². The molecular weight excluding hydrogens is 378 g/mol. The molecule has 1 aliphatic rings. The number of thiophene rings is 1. The Morgan fingerprint density at radius 1 is 1.18 bits per heavy atom. The molecule has 0 spiro atoms. The summed E-state index contributed by atoms with van der Waals surface area (Å²) in [5.74, 6) is -0.506. The molecule has 3 heterocycles. The average Bonchev–Trinajstić information content (AvgIpc) is 3.15. The molecule has 3 aromatic rings. The van der Waals surface area contributed by atoms with Crippen LogP contribution < -0.4 is 5.32 Å². The Bertz CT molecular complexity index is 1090. The quantitative estimate of drug-likeness (QED) is 0.537. The topological polar surface area (TPSA) is 98.5 Å². The SMILES string of the molecule is COC(=O)c1c(NC(=O)c2nc3nc(C)cc(C)n3n2)sc2c1CCCCC2. The number of ether oxygens (including phenoxy) is 1. The lowest BCUT2D eigenvalue weighted by atomic mass is 10.1. The highest BCUT2D eigenvalue weighted by molar-refractivity contribution is 7.17. The number of carbonyl (C=O) groups excluding carboxylic acids is 2. The van der Waals surface area contributed by atoms with Gasteiger partial charge in [-0.25, -0.2) is 14.3 Å². The van der Waals surface area contributed by atoms with Crippen molar-refractivity contribution in [3.63, 3.8) is 0 Å². The molecule has 1 aliphatic carbocycles. The maximum absolute atomic E-state index is 12.8. The fraction of sp³-hybridized carbons (Fsp3) is 0.421. The van der Waals surface area contributed by atoms with Gasteiger partial charge in [-0.1, -0.05) is 6.42 Å². The number of fused-ring (bicyclic) bond motifs is 2. The van der Waals surface area contributed by atoms with E-state index in [0.717, 1.165) is 53.9 Å². The number of esters is 1. The van der Waals surface area contributed by atoms with Crippen molar-refractivity contribution in [2.75, 3.05) is 12.4 Å². The van der Waals surface area contributed by atoms with E-state index in [-0.39, 0.29) is 5.82 Å². The van der Waals surface area contributed by atoms with Crippen LogP contribution in [0.4, 0.5) is 5.00 Å². The lowest BCUT2D eigenvalue weighted by molar-refractivity contribution is 0.0601. The van der Waals surface area contributed by atoms with Crippen molar-refractivity contribution in [3.8, 4) is 0 Å². The van der Waals surface area contributed by atoms with Crippen LogP contribution in [-0.2, 0) is 17.6 Å². The van der Waals surface area contributed by atoms with Gasteiger partial charge in [-0.15, -0.1) is 16.4 Å². The van der Waals surface area contributed by atoms with Crippen LogP contribution in [0, 0.1) is 13.8 Å². The summed E-state index contributed by atoms with van der Waals surface area (Å²) in [6.07, 6.45) is 4.98. The predicted octanol–water partition coefficient (Wildman–Crippen LogP) is 3.11. The van der Waals surface area contributed by atoms with Crippen molar-refractivity contribution in [1.29, 1.82) is 0 Å². The number of nitrogens with one attached hydrogen (secondary N) is 1. The normalized spacial score (nSPS) is 13.8. The number of anilines is 1. The first kappa shape index (κ1) is 18.5. The first-order valence-electron chi connectivity index (χ1n) is 9.23. The second-order valence-corrected chi connectivity index (χ2v) is 8.01. The summed E-state index contributed by atoms with van der Waals surface area (Å²) >= 11 is 1.44. The fourth-order valence-electron chi connectivity index (χ4n) is 3.57. The van der Waals surface area contributed by atoms with Crippen molar-refractivity contribution in [2.45, 2.75) is 46.0 Å². The number of nitrogens with zero attached hydrogens (tertiary/aromatic N) is 4. The van der Waals surface area contributed by atoms with Crippen LogP contribution in [0.1, 0.15) is 62.1 Å². The van der Waals surface area contributed by atoms with Crippen LogP contribution in [-0.4, -0.2) is 38.6 Å². The Hall–Kier alpha value is -2.81. The summed E-state index contributed by atoms with van der Waals surface area (Å²) in [6.45, 7) is 3.74. The minimum atomic E-state index is -0.468. The van der Waals surface area contributed by atoms with E-state index in [2.05, 4.69) is 20.4 Å². The van der Waals surface area contributed by atoms with Gasteiger partial charge in [-0.2, -0.15) is 4.98 Å². The van der Waals surface area contributed by atoms with Gasteiger partial charge in [0.1, 0.15) is 5.00 Å². The summed E-state index contributed by atoms with van der Waals surface area (Å²) in [7, 11) is 1.36. The van der Waals surface area contributed by atoms with E-state index in [1.54, 1.807) is 0 Å². The molecule has 9 heteroatoms. The van der Waals surface area contributed by atoms with Gasteiger partial charge in [0, 0.05) is 16.3 Å². The molecule has 0 aliphatic heterocycles. The molecule has 0 unspecified atom stereocenters. The Morgan fingerprint density at radius 3 is 2.75 bits per heavy atom. The van der Waals surface area contributed by atoms with Crippen LogP contribution in [0.5, 0.6) is 0 Å². The molecule has 146 valence electrons. The van der Waals surface area contributed by atoms with Gasteiger partial charge in [-0.05, 0) is 51.2 Å². The van der Waals surface area contributed by atoms with Crippen molar-refractivity contribution in [1.82, 2.24) is 19.6 Å². The zero-order valence-electron chi connectivity index (χ0n) is 16.0. The standard InChI is InChI=1S/C19H21N5O3S/c1-10-9-11(2)24-19(20-10)21-15(23-24)16(25)22-17-14(18(26)27-3)12-7-5-4-6-8-13(12)28-17/h9H,4-8H2,1-3H3,(H,22,25). The molecule has 0 fully saturated rings. The lowest BCUT2D eigenvalue weighted by Crippen LogP contribution is -2.16. The number of amides is 1. The summed E-state index contributed by atoms with van der Waals surface area (Å²) in [4.78, 5) is 34.9. The molecule has 4 rings (SSSR count). The highest BCUT2D eigenvalue weighted by atomic mass is 32.1. The summed E-state index contributed by atoms with van der Waals surface area (Å²) in [6, 6.07) is 1.87.